The molecule has 0 spiro atoms. The zero-order valence-corrected chi connectivity index (χ0v) is 33.5. The molecule has 0 unspecified atom stereocenters. The maximum Gasteiger partial charge on any atom is 0.137 e. The van der Waals surface area contributed by atoms with E-state index >= 15 is 0 Å². The number of para-hydroxylation sites is 4. The van der Waals surface area contributed by atoms with Crippen LogP contribution in [0.4, 0.5) is 34.4 Å². The molecular formula is C54H42N4O. The van der Waals surface area contributed by atoms with Crippen LogP contribution in [0.25, 0.3) is 44.2 Å². The van der Waals surface area contributed by atoms with Crippen LogP contribution in [0.5, 0.6) is 11.5 Å². The summed E-state index contributed by atoms with van der Waals surface area (Å²) >= 11 is 0. The van der Waals surface area contributed by atoms with Gasteiger partial charge in [0.05, 0.1) is 22.7 Å². The lowest BCUT2D eigenvalue weighted by molar-refractivity contribution is 0.487. The molecule has 2 aromatic heterocycles. The molecule has 0 aliphatic carbocycles. The average Bonchev–Trinajstić information content (AvgIpc) is 3.27. The number of hydrogen-bond acceptors (Lipinski definition) is 5. The van der Waals surface area contributed by atoms with Crippen molar-refractivity contribution in [1.29, 1.82) is 0 Å². The predicted molar refractivity (Wildman–Crippen MR) is 244 cm³/mol. The molecule has 5 nitrogen and oxygen atoms in total. The Balaban J connectivity index is 0.978. The Morgan fingerprint density at radius 2 is 0.831 bits per heavy atom. The van der Waals surface area contributed by atoms with E-state index in [1.807, 2.05) is 12.4 Å². The number of fused-ring (bicyclic) bond motifs is 2. The van der Waals surface area contributed by atoms with Gasteiger partial charge in [0.1, 0.15) is 23.1 Å². The summed E-state index contributed by atoms with van der Waals surface area (Å²) in [7, 11) is 0. The third-order valence-corrected chi connectivity index (χ3v) is 11.5. The van der Waals surface area contributed by atoms with Crippen LogP contribution in [-0.4, -0.2) is 9.97 Å². The maximum atomic E-state index is 6.73. The Morgan fingerprint density at radius 1 is 0.373 bits per heavy atom. The van der Waals surface area contributed by atoms with Crippen molar-refractivity contribution in [3.63, 3.8) is 0 Å². The Labute approximate surface area is 345 Å². The molecule has 0 atom stereocenters. The van der Waals surface area contributed by atoms with Crippen molar-refractivity contribution in [2.24, 2.45) is 0 Å². The van der Waals surface area contributed by atoms with Crippen molar-refractivity contribution in [2.45, 2.75) is 27.7 Å². The minimum atomic E-state index is 0.833. The van der Waals surface area contributed by atoms with Crippen molar-refractivity contribution in [3.8, 4) is 44.9 Å². The largest absolute Gasteiger partial charge is 0.456 e. The summed E-state index contributed by atoms with van der Waals surface area (Å²) in [6, 6.07) is 59.7. The van der Waals surface area contributed by atoms with Gasteiger partial charge in [0, 0.05) is 34.5 Å². The monoisotopic (exact) mass is 762 g/mol. The molecule has 284 valence electrons. The molecule has 0 bridgehead atoms. The molecule has 0 fully saturated rings. The number of aryl methyl sites for hydroxylation is 4. The van der Waals surface area contributed by atoms with E-state index in [2.05, 4.69) is 207 Å². The Bertz CT molecular complexity index is 2930. The fourth-order valence-corrected chi connectivity index (χ4v) is 8.44. The second-order valence-electron chi connectivity index (χ2n) is 15.3. The van der Waals surface area contributed by atoms with Crippen LogP contribution < -0.4 is 14.5 Å². The van der Waals surface area contributed by atoms with Crippen LogP contribution in [0.15, 0.2) is 182 Å². The van der Waals surface area contributed by atoms with Gasteiger partial charge in [-0.1, -0.05) is 103 Å². The Morgan fingerprint density at radius 3 is 1.32 bits per heavy atom. The van der Waals surface area contributed by atoms with E-state index in [0.717, 1.165) is 90.0 Å². The maximum absolute atomic E-state index is 6.73. The van der Waals surface area contributed by atoms with Crippen molar-refractivity contribution in [2.75, 3.05) is 9.80 Å². The minimum Gasteiger partial charge on any atom is -0.456 e. The fourth-order valence-electron chi connectivity index (χ4n) is 8.44. The summed E-state index contributed by atoms with van der Waals surface area (Å²) in [5, 5.41) is 2.24. The quantitative estimate of drug-likeness (QED) is 0.154. The van der Waals surface area contributed by atoms with Crippen LogP contribution in [0.3, 0.4) is 0 Å². The van der Waals surface area contributed by atoms with Crippen molar-refractivity contribution >= 4 is 45.2 Å². The molecular weight excluding hydrogens is 721 g/mol. The summed E-state index contributed by atoms with van der Waals surface area (Å²) in [6.07, 6.45) is 3.96. The van der Waals surface area contributed by atoms with Crippen molar-refractivity contribution in [3.05, 3.63) is 205 Å². The van der Waals surface area contributed by atoms with Gasteiger partial charge < -0.3 is 4.74 Å². The number of ether oxygens (including phenoxy) is 1. The number of hydrogen-bond donors (Lipinski definition) is 0. The molecule has 5 heteroatoms. The topological polar surface area (TPSA) is 41.5 Å². The molecule has 0 N–H and O–H groups in total. The number of benzene rings is 7. The van der Waals surface area contributed by atoms with Crippen molar-refractivity contribution in [1.82, 2.24) is 9.97 Å². The second kappa shape index (κ2) is 14.8. The van der Waals surface area contributed by atoms with Gasteiger partial charge in [-0.3, -0.25) is 9.80 Å². The number of anilines is 6. The standard InChI is InChI=1S/C54H42N4O/c1-35-14-5-9-19-46(35)57(47-20-10-6-15-36(47)2)52-30-25-40(33-55-52)39-24-27-43-45-29-28-42(44-18-13-23-50(54(44)45)59-51(43)32-39)41-26-31-53(56-34-41)58(48-21-11-7-16-37(48)3)49-22-12-8-17-38(49)4/h5-34H,1-4H3. The second-order valence-corrected chi connectivity index (χ2v) is 15.3. The van der Waals surface area contributed by atoms with E-state index in [1.165, 1.54) is 22.3 Å². The van der Waals surface area contributed by atoms with Gasteiger partial charge in [-0.15, -0.1) is 0 Å². The summed E-state index contributed by atoms with van der Waals surface area (Å²) in [6.45, 7) is 8.58. The van der Waals surface area contributed by atoms with Crippen LogP contribution in [0.1, 0.15) is 22.3 Å². The molecule has 1 aliphatic rings. The minimum absolute atomic E-state index is 0.833. The van der Waals surface area contributed by atoms with Gasteiger partial charge in [-0.25, -0.2) is 9.97 Å². The lowest BCUT2D eigenvalue weighted by Gasteiger charge is -2.27. The Kier molecular flexibility index (Phi) is 8.99. The lowest BCUT2D eigenvalue weighted by atomic mass is 9.89. The summed E-state index contributed by atoms with van der Waals surface area (Å²) in [5.74, 6) is 3.41. The molecule has 3 heterocycles. The molecule has 10 rings (SSSR count). The van der Waals surface area contributed by atoms with Crippen LogP contribution in [0, 0.1) is 27.7 Å². The highest BCUT2D eigenvalue weighted by molar-refractivity contribution is 6.10. The normalized spacial score (nSPS) is 11.5. The van der Waals surface area contributed by atoms with Gasteiger partial charge in [-0.2, -0.15) is 0 Å². The van der Waals surface area contributed by atoms with Gasteiger partial charge in [-0.05, 0) is 139 Å². The van der Waals surface area contributed by atoms with Crippen LogP contribution >= 0.6 is 0 Å². The van der Waals surface area contributed by atoms with E-state index in [9.17, 15) is 0 Å². The van der Waals surface area contributed by atoms with Gasteiger partial charge in [0.25, 0.3) is 0 Å². The fraction of sp³-hybridized carbons (Fsp3) is 0.0741. The first-order chi connectivity index (χ1) is 28.9. The van der Waals surface area contributed by atoms with Crippen molar-refractivity contribution < 1.29 is 4.74 Å². The third kappa shape index (κ3) is 6.38. The van der Waals surface area contributed by atoms with E-state index in [1.54, 1.807) is 0 Å². The zero-order valence-electron chi connectivity index (χ0n) is 33.5. The molecule has 0 saturated heterocycles. The van der Waals surface area contributed by atoms with E-state index in [4.69, 9.17) is 14.7 Å². The summed E-state index contributed by atoms with van der Waals surface area (Å²) in [5.41, 5.74) is 15.6. The molecule has 0 radical (unpaired) electrons. The van der Waals surface area contributed by atoms with E-state index in [-0.39, 0.29) is 0 Å². The van der Waals surface area contributed by atoms with E-state index in [0.29, 0.717) is 0 Å². The lowest BCUT2D eigenvalue weighted by Crippen LogP contribution is -2.13. The number of nitrogens with zero attached hydrogens (tertiary/aromatic N) is 4. The first-order valence-electron chi connectivity index (χ1n) is 20.1. The van der Waals surface area contributed by atoms with Crippen LogP contribution in [-0.2, 0) is 0 Å². The molecule has 59 heavy (non-hydrogen) atoms. The summed E-state index contributed by atoms with van der Waals surface area (Å²) < 4.78 is 6.73. The smallest absolute Gasteiger partial charge is 0.137 e. The molecule has 9 aromatic rings. The number of rotatable bonds is 8. The molecule has 7 aromatic carbocycles. The predicted octanol–water partition coefficient (Wildman–Crippen LogP) is 14.9. The van der Waals surface area contributed by atoms with E-state index < -0.39 is 0 Å². The number of aromatic nitrogens is 2. The first kappa shape index (κ1) is 35.9. The Hall–Kier alpha value is -7.50. The summed E-state index contributed by atoms with van der Waals surface area (Å²) in [4.78, 5) is 14.6. The van der Waals surface area contributed by atoms with Gasteiger partial charge >= 0.3 is 0 Å². The SMILES string of the molecule is Cc1ccccc1N(c1ccc(-c2ccc3c(c2)Oc2cccc4c(-c5ccc(N(c6ccccc6C)c6ccccc6C)nc5)ccc-3c24)cn1)c1ccccc1C. The highest BCUT2D eigenvalue weighted by Gasteiger charge is 2.24. The molecule has 0 amide bonds. The first-order valence-corrected chi connectivity index (χ1v) is 20.1. The number of pyridine rings is 2. The molecule has 0 saturated carbocycles. The van der Waals surface area contributed by atoms with Crippen LogP contribution in [0.2, 0.25) is 0 Å². The third-order valence-electron chi connectivity index (χ3n) is 11.5. The van der Waals surface area contributed by atoms with Gasteiger partial charge in [0.15, 0.2) is 0 Å². The highest BCUT2D eigenvalue weighted by Crippen LogP contribution is 2.50. The zero-order chi connectivity index (χ0) is 40.0. The molecule has 1 aliphatic heterocycles. The highest BCUT2D eigenvalue weighted by atomic mass is 16.5. The van der Waals surface area contributed by atoms with Gasteiger partial charge in [0.2, 0.25) is 0 Å². The average molecular weight is 763 g/mol.